The number of benzene rings is 2. The Bertz CT molecular complexity index is 1100. The van der Waals surface area contributed by atoms with Gasteiger partial charge in [0.2, 0.25) is 0 Å². The second-order valence-corrected chi connectivity index (χ2v) is 8.15. The molecule has 3 amide bonds. The maximum atomic E-state index is 13.2. The summed E-state index contributed by atoms with van der Waals surface area (Å²) in [7, 11) is 1.65. The number of urea groups is 1. The first-order valence-electron chi connectivity index (χ1n) is 11.2. The number of aryl methyl sites for hydroxylation is 1. The van der Waals surface area contributed by atoms with Gasteiger partial charge in [-0.1, -0.05) is 43.3 Å². The highest BCUT2D eigenvalue weighted by atomic mass is 16.5. The first-order chi connectivity index (χ1) is 15.6. The van der Waals surface area contributed by atoms with Crippen LogP contribution in [0.4, 0.5) is 4.79 Å². The monoisotopic (exact) mass is 431 g/mol. The molecule has 0 aliphatic carbocycles. The quantitative estimate of drug-likeness (QED) is 0.456. The van der Waals surface area contributed by atoms with Crippen LogP contribution in [0.15, 0.2) is 60.7 Å². The number of carbonyl (C=O) groups excluding carboxylic acids is 2. The molecule has 0 spiro atoms. The highest BCUT2D eigenvalue weighted by Crippen LogP contribution is 2.25. The van der Waals surface area contributed by atoms with Gasteiger partial charge in [0.1, 0.15) is 11.8 Å². The van der Waals surface area contributed by atoms with Crippen LogP contribution in [0.25, 0.3) is 10.9 Å². The molecule has 1 unspecified atom stereocenters. The van der Waals surface area contributed by atoms with Crippen LogP contribution in [0.3, 0.4) is 0 Å². The second kappa shape index (κ2) is 9.81. The summed E-state index contributed by atoms with van der Waals surface area (Å²) in [5.41, 5.74) is 2.79. The number of methoxy groups -OCH3 is 1. The minimum Gasteiger partial charge on any atom is -0.497 e. The van der Waals surface area contributed by atoms with Crippen LogP contribution in [0.5, 0.6) is 5.75 Å². The average Bonchev–Trinajstić information content (AvgIpc) is 3.04. The number of para-hydroxylation sites is 1. The number of carbonyl (C=O) groups is 2. The Kier molecular flexibility index (Phi) is 6.69. The summed E-state index contributed by atoms with van der Waals surface area (Å²) >= 11 is 0. The van der Waals surface area contributed by atoms with E-state index in [1.54, 1.807) is 12.0 Å². The summed E-state index contributed by atoms with van der Waals surface area (Å²) in [6, 6.07) is 19.1. The van der Waals surface area contributed by atoms with Crippen molar-refractivity contribution >= 4 is 22.8 Å². The van der Waals surface area contributed by atoms with E-state index in [0.29, 0.717) is 13.0 Å². The van der Waals surface area contributed by atoms with Crippen molar-refractivity contribution in [2.75, 3.05) is 13.7 Å². The molecule has 0 bridgehead atoms. The van der Waals surface area contributed by atoms with E-state index in [1.165, 1.54) is 10.5 Å². The standard InChI is InChI=1S/C26H29N3O3/c1-3-17-28-24(10-6-7-19-11-15-22(32-2)16-12-19)25(30)29(26(28)31)18-21-14-13-20-8-4-5-9-23(20)27-21/h4-5,8-9,11-16,24H,3,6-7,10,17-18H2,1-2H3. The normalized spacial score (nSPS) is 16.2. The van der Waals surface area contributed by atoms with Crippen molar-refractivity contribution < 1.29 is 14.3 Å². The number of nitrogens with zero attached hydrogens (tertiary/aromatic N) is 3. The highest BCUT2D eigenvalue weighted by molar-refractivity contribution is 6.04. The first-order valence-corrected chi connectivity index (χ1v) is 11.2. The van der Waals surface area contributed by atoms with Crippen LogP contribution >= 0.6 is 0 Å². The molecule has 166 valence electrons. The second-order valence-electron chi connectivity index (χ2n) is 8.15. The Morgan fingerprint density at radius 2 is 1.78 bits per heavy atom. The minimum atomic E-state index is -0.402. The molecule has 0 N–H and O–H groups in total. The number of hydrogen-bond acceptors (Lipinski definition) is 4. The van der Waals surface area contributed by atoms with Gasteiger partial charge in [-0.25, -0.2) is 4.79 Å². The van der Waals surface area contributed by atoms with Crippen molar-refractivity contribution in [1.82, 2.24) is 14.8 Å². The molecule has 1 aliphatic rings. The molecule has 32 heavy (non-hydrogen) atoms. The molecule has 1 saturated heterocycles. The van der Waals surface area contributed by atoms with Gasteiger partial charge in [0.25, 0.3) is 5.91 Å². The lowest BCUT2D eigenvalue weighted by molar-refractivity contribution is -0.128. The third-order valence-corrected chi connectivity index (χ3v) is 5.95. The summed E-state index contributed by atoms with van der Waals surface area (Å²) in [6.07, 6.45) is 3.15. The Labute approximate surface area is 188 Å². The molecule has 1 fully saturated rings. The third kappa shape index (κ3) is 4.59. The zero-order valence-corrected chi connectivity index (χ0v) is 18.7. The number of rotatable bonds is 9. The topological polar surface area (TPSA) is 62.7 Å². The number of ether oxygens (including phenoxy) is 1. The Morgan fingerprint density at radius 3 is 2.53 bits per heavy atom. The van der Waals surface area contributed by atoms with Gasteiger partial charge in [-0.15, -0.1) is 0 Å². The molecule has 0 radical (unpaired) electrons. The Hall–Kier alpha value is -3.41. The first kappa shape index (κ1) is 21.8. The van der Waals surface area contributed by atoms with Crippen molar-refractivity contribution in [2.24, 2.45) is 0 Å². The number of pyridine rings is 1. The predicted molar refractivity (Wildman–Crippen MR) is 124 cm³/mol. The van der Waals surface area contributed by atoms with Gasteiger partial charge in [-0.2, -0.15) is 0 Å². The highest BCUT2D eigenvalue weighted by Gasteiger charge is 2.44. The van der Waals surface area contributed by atoms with Crippen LogP contribution in [-0.2, 0) is 17.8 Å². The van der Waals surface area contributed by atoms with Crippen LogP contribution in [0, 0.1) is 0 Å². The molecular formula is C26H29N3O3. The van der Waals surface area contributed by atoms with E-state index in [0.717, 1.165) is 41.6 Å². The molecule has 1 aliphatic heterocycles. The molecular weight excluding hydrogens is 402 g/mol. The van der Waals surface area contributed by atoms with Crippen LogP contribution in [0.2, 0.25) is 0 Å². The van der Waals surface area contributed by atoms with Crippen LogP contribution in [0.1, 0.15) is 37.4 Å². The zero-order chi connectivity index (χ0) is 22.5. The smallest absolute Gasteiger partial charge is 0.327 e. The van der Waals surface area contributed by atoms with Crippen molar-refractivity contribution in [3.63, 3.8) is 0 Å². The van der Waals surface area contributed by atoms with Gasteiger partial charge in [0.05, 0.1) is 24.9 Å². The average molecular weight is 432 g/mol. The van der Waals surface area contributed by atoms with E-state index in [4.69, 9.17) is 4.74 Å². The molecule has 2 aromatic carbocycles. The number of aromatic nitrogens is 1. The van der Waals surface area contributed by atoms with Crippen molar-refractivity contribution in [3.05, 3.63) is 71.9 Å². The van der Waals surface area contributed by atoms with Crippen LogP contribution in [-0.4, -0.2) is 46.4 Å². The minimum absolute atomic E-state index is 0.117. The van der Waals surface area contributed by atoms with Crippen molar-refractivity contribution in [3.8, 4) is 5.75 Å². The van der Waals surface area contributed by atoms with Crippen molar-refractivity contribution in [2.45, 2.75) is 45.2 Å². The Morgan fingerprint density at radius 1 is 1.00 bits per heavy atom. The summed E-state index contributed by atoms with van der Waals surface area (Å²) in [6.45, 7) is 2.82. The van der Waals surface area contributed by atoms with Gasteiger partial charge >= 0.3 is 6.03 Å². The van der Waals surface area contributed by atoms with Gasteiger partial charge in [-0.05, 0) is 55.5 Å². The SMILES string of the molecule is CCCN1C(=O)N(Cc2ccc3ccccc3n2)C(=O)C1CCCc1ccc(OC)cc1. The molecule has 0 saturated carbocycles. The van der Waals surface area contributed by atoms with E-state index in [1.807, 2.05) is 67.6 Å². The maximum absolute atomic E-state index is 13.2. The summed E-state index contributed by atoms with van der Waals surface area (Å²) in [4.78, 5) is 34.0. The fourth-order valence-electron chi connectivity index (χ4n) is 4.26. The van der Waals surface area contributed by atoms with E-state index >= 15 is 0 Å². The molecule has 4 rings (SSSR count). The molecule has 1 aromatic heterocycles. The third-order valence-electron chi connectivity index (χ3n) is 5.95. The molecule has 6 heteroatoms. The van der Waals surface area contributed by atoms with Crippen LogP contribution < -0.4 is 4.74 Å². The van der Waals surface area contributed by atoms with E-state index in [-0.39, 0.29) is 18.5 Å². The number of imide groups is 1. The zero-order valence-electron chi connectivity index (χ0n) is 18.7. The van der Waals surface area contributed by atoms with Gasteiger partial charge in [0, 0.05) is 11.9 Å². The van der Waals surface area contributed by atoms with Gasteiger partial charge < -0.3 is 9.64 Å². The van der Waals surface area contributed by atoms with Crippen molar-refractivity contribution in [1.29, 1.82) is 0 Å². The number of fused-ring (bicyclic) bond motifs is 1. The fourth-order valence-corrected chi connectivity index (χ4v) is 4.26. The lowest BCUT2D eigenvalue weighted by atomic mass is 10.0. The molecule has 3 aromatic rings. The predicted octanol–water partition coefficient (Wildman–Crippen LogP) is 4.81. The summed E-state index contributed by atoms with van der Waals surface area (Å²) in [5, 5.41) is 1.04. The maximum Gasteiger partial charge on any atom is 0.327 e. The fraction of sp³-hybridized carbons (Fsp3) is 0.346. The number of amides is 3. The lowest BCUT2D eigenvalue weighted by Crippen LogP contribution is -2.35. The van der Waals surface area contributed by atoms with Gasteiger partial charge in [-0.3, -0.25) is 14.7 Å². The van der Waals surface area contributed by atoms with E-state index < -0.39 is 6.04 Å². The number of hydrogen-bond donors (Lipinski definition) is 0. The van der Waals surface area contributed by atoms with E-state index in [2.05, 4.69) is 4.98 Å². The lowest BCUT2D eigenvalue weighted by Gasteiger charge is -2.21. The van der Waals surface area contributed by atoms with E-state index in [9.17, 15) is 9.59 Å². The van der Waals surface area contributed by atoms with Gasteiger partial charge in [0.15, 0.2) is 0 Å². The molecule has 6 nitrogen and oxygen atoms in total. The molecule has 2 heterocycles. The summed E-state index contributed by atoms with van der Waals surface area (Å²) < 4.78 is 5.21. The summed E-state index contributed by atoms with van der Waals surface area (Å²) in [5.74, 6) is 0.713. The Balaban J connectivity index is 1.44. The largest absolute Gasteiger partial charge is 0.497 e. The molecule has 1 atom stereocenters.